The number of amides is 1. The van der Waals surface area contributed by atoms with Gasteiger partial charge in [0.25, 0.3) is 5.91 Å². The van der Waals surface area contributed by atoms with Crippen molar-refractivity contribution in [3.05, 3.63) is 23.3 Å². The van der Waals surface area contributed by atoms with Gasteiger partial charge >= 0.3 is 0 Å². The largest absolute Gasteiger partial charge is 0.397 e. The molecule has 0 aliphatic heterocycles. The van der Waals surface area contributed by atoms with E-state index in [0.717, 1.165) is 23.1 Å². The zero-order valence-electron chi connectivity index (χ0n) is 12.0. The molecule has 2 rings (SSSR count). The highest BCUT2D eigenvalue weighted by Crippen LogP contribution is 2.32. The van der Waals surface area contributed by atoms with Crippen molar-refractivity contribution in [2.24, 2.45) is 0 Å². The second kappa shape index (κ2) is 6.19. The molecule has 0 aromatic carbocycles. The number of pyridine rings is 1. The Labute approximate surface area is 122 Å². The number of rotatable bonds is 5. The van der Waals surface area contributed by atoms with E-state index in [9.17, 15) is 4.79 Å². The number of thiophene rings is 1. The van der Waals surface area contributed by atoms with Crippen molar-refractivity contribution < 1.29 is 4.79 Å². The monoisotopic (exact) mass is 292 g/mol. The minimum atomic E-state index is -0.102. The number of fused-ring (bicyclic) bond motifs is 1. The highest BCUT2D eigenvalue weighted by Gasteiger charge is 2.17. The van der Waals surface area contributed by atoms with Gasteiger partial charge in [0.05, 0.1) is 10.4 Å². The molecule has 0 aliphatic carbocycles. The molecule has 0 bridgehead atoms. The smallest absolute Gasteiger partial charge is 0.263 e. The summed E-state index contributed by atoms with van der Waals surface area (Å²) in [5.41, 5.74) is 6.60. The molecule has 0 radical (unpaired) electrons. The van der Waals surface area contributed by atoms with Crippen LogP contribution in [0.4, 0.5) is 5.69 Å². The van der Waals surface area contributed by atoms with Gasteiger partial charge in [-0.25, -0.2) is 0 Å². The molecular formula is C14H20N4OS. The van der Waals surface area contributed by atoms with Crippen LogP contribution in [0, 0.1) is 0 Å². The highest BCUT2D eigenvalue weighted by atomic mass is 32.1. The van der Waals surface area contributed by atoms with Gasteiger partial charge in [0.1, 0.15) is 4.88 Å². The van der Waals surface area contributed by atoms with Gasteiger partial charge in [-0.3, -0.25) is 9.78 Å². The first-order valence-electron chi connectivity index (χ1n) is 6.56. The Morgan fingerprint density at radius 2 is 2.30 bits per heavy atom. The maximum Gasteiger partial charge on any atom is 0.263 e. The van der Waals surface area contributed by atoms with Crippen LogP contribution >= 0.6 is 11.3 Å². The Hall–Kier alpha value is -1.66. The van der Waals surface area contributed by atoms with Crippen LogP contribution in [-0.4, -0.2) is 42.5 Å². The Morgan fingerprint density at radius 1 is 1.55 bits per heavy atom. The SMILES string of the molecule is CC(CCN(C)C)NC(=O)c1sc2cnccc2c1N. The van der Waals surface area contributed by atoms with Crippen LogP contribution in [0.3, 0.4) is 0 Å². The lowest BCUT2D eigenvalue weighted by molar-refractivity contribution is 0.0942. The second-order valence-electron chi connectivity index (χ2n) is 5.18. The first-order chi connectivity index (χ1) is 9.49. The quantitative estimate of drug-likeness (QED) is 0.883. The van der Waals surface area contributed by atoms with Gasteiger partial charge in [-0.15, -0.1) is 11.3 Å². The summed E-state index contributed by atoms with van der Waals surface area (Å²) in [6, 6.07) is 1.96. The molecule has 1 amide bonds. The average Bonchev–Trinajstić information content (AvgIpc) is 2.74. The van der Waals surface area contributed by atoms with E-state index in [1.807, 2.05) is 27.1 Å². The molecule has 2 aromatic heterocycles. The van der Waals surface area contributed by atoms with Crippen molar-refractivity contribution in [2.45, 2.75) is 19.4 Å². The number of hydrogen-bond acceptors (Lipinski definition) is 5. The van der Waals surface area contributed by atoms with Crippen molar-refractivity contribution >= 4 is 33.0 Å². The summed E-state index contributed by atoms with van der Waals surface area (Å²) in [6.07, 6.45) is 4.33. The molecule has 0 saturated carbocycles. The number of nitrogens with two attached hydrogens (primary N) is 1. The summed E-state index contributed by atoms with van der Waals surface area (Å²) in [7, 11) is 4.04. The molecule has 20 heavy (non-hydrogen) atoms. The summed E-state index contributed by atoms with van der Waals surface area (Å²) in [4.78, 5) is 19.0. The first kappa shape index (κ1) is 14.7. The maximum atomic E-state index is 12.3. The number of anilines is 1. The molecule has 0 aliphatic rings. The number of carbonyl (C=O) groups excluding carboxylic acids is 1. The normalized spacial score (nSPS) is 12.8. The van der Waals surface area contributed by atoms with E-state index in [4.69, 9.17) is 5.73 Å². The Bertz CT molecular complexity index is 608. The molecule has 6 heteroatoms. The van der Waals surface area contributed by atoms with Gasteiger partial charge in [0, 0.05) is 23.8 Å². The molecule has 2 aromatic rings. The van der Waals surface area contributed by atoms with Crippen LogP contribution < -0.4 is 11.1 Å². The maximum absolute atomic E-state index is 12.3. The van der Waals surface area contributed by atoms with Gasteiger partial charge in [-0.1, -0.05) is 0 Å². The Kier molecular flexibility index (Phi) is 4.57. The number of hydrogen-bond donors (Lipinski definition) is 2. The van der Waals surface area contributed by atoms with Crippen molar-refractivity contribution in [2.75, 3.05) is 26.4 Å². The minimum Gasteiger partial charge on any atom is -0.397 e. The minimum absolute atomic E-state index is 0.102. The lowest BCUT2D eigenvalue weighted by Gasteiger charge is -2.16. The van der Waals surface area contributed by atoms with Gasteiger partial charge in [-0.05, 0) is 40.1 Å². The van der Waals surface area contributed by atoms with Gasteiger partial charge in [0.15, 0.2) is 0 Å². The van der Waals surface area contributed by atoms with Crippen molar-refractivity contribution in [1.29, 1.82) is 0 Å². The van der Waals surface area contributed by atoms with Crippen molar-refractivity contribution in [1.82, 2.24) is 15.2 Å². The molecular weight excluding hydrogens is 272 g/mol. The van der Waals surface area contributed by atoms with Crippen molar-refractivity contribution in [3.63, 3.8) is 0 Å². The van der Waals surface area contributed by atoms with Gasteiger partial charge in [0.2, 0.25) is 0 Å². The van der Waals surface area contributed by atoms with Gasteiger partial charge in [-0.2, -0.15) is 0 Å². The van der Waals surface area contributed by atoms with Crippen LogP contribution in [0.25, 0.3) is 10.1 Å². The molecule has 0 saturated heterocycles. The summed E-state index contributed by atoms with van der Waals surface area (Å²) < 4.78 is 0.941. The third kappa shape index (κ3) is 3.26. The molecule has 2 heterocycles. The summed E-state index contributed by atoms with van der Waals surface area (Å²) >= 11 is 1.39. The molecule has 3 N–H and O–H groups in total. The van der Waals surface area contributed by atoms with Crippen LogP contribution in [0.1, 0.15) is 23.0 Å². The molecule has 1 unspecified atom stereocenters. The van der Waals surface area contributed by atoms with E-state index in [1.54, 1.807) is 12.4 Å². The van der Waals surface area contributed by atoms with E-state index in [2.05, 4.69) is 15.2 Å². The van der Waals surface area contributed by atoms with E-state index in [-0.39, 0.29) is 11.9 Å². The molecule has 1 atom stereocenters. The standard InChI is InChI=1S/C14H20N4OS/c1-9(5-7-18(2)3)17-14(19)13-12(15)10-4-6-16-8-11(10)20-13/h4,6,8-9H,5,7,15H2,1-3H3,(H,17,19). The Balaban J connectivity index is 2.09. The Morgan fingerprint density at radius 3 is 2.95 bits per heavy atom. The number of carbonyl (C=O) groups is 1. The van der Waals surface area contributed by atoms with Crippen LogP contribution in [-0.2, 0) is 0 Å². The third-order valence-electron chi connectivity index (χ3n) is 3.12. The van der Waals surface area contributed by atoms with Crippen LogP contribution in [0.15, 0.2) is 18.5 Å². The molecule has 0 fully saturated rings. The zero-order valence-corrected chi connectivity index (χ0v) is 12.8. The number of nitrogens with zero attached hydrogens (tertiary/aromatic N) is 2. The van der Waals surface area contributed by atoms with Crippen LogP contribution in [0.2, 0.25) is 0 Å². The van der Waals surface area contributed by atoms with Crippen LogP contribution in [0.5, 0.6) is 0 Å². The average molecular weight is 292 g/mol. The lowest BCUT2D eigenvalue weighted by Crippen LogP contribution is -2.34. The molecule has 108 valence electrons. The fourth-order valence-corrected chi connectivity index (χ4v) is 2.95. The fourth-order valence-electron chi connectivity index (χ4n) is 1.95. The third-order valence-corrected chi connectivity index (χ3v) is 4.28. The van der Waals surface area contributed by atoms with E-state index in [0.29, 0.717) is 10.6 Å². The topological polar surface area (TPSA) is 71.2 Å². The first-order valence-corrected chi connectivity index (χ1v) is 7.38. The molecule has 5 nitrogen and oxygen atoms in total. The zero-order chi connectivity index (χ0) is 14.7. The number of nitrogen functional groups attached to an aromatic ring is 1. The fraction of sp³-hybridized carbons (Fsp3) is 0.429. The highest BCUT2D eigenvalue weighted by molar-refractivity contribution is 7.21. The van der Waals surface area contributed by atoms with Gasteiger partial charge < -0.3 is 16.0 Å². The van der Waals surface area contributed by atoms with E-state index in [1.165, 1.54) is 11.3 Å². The second-order valence-corrected chi connectivity index (χ2v) is 6.24. The lowest BCUT2D eigenvalue weighted by atomic mass is 10.2. The predicted molar refractivity (Wildman–Crippen MR) is 84.1 cm³/mol. The van der Waals surface area contributed by atoms with E-state index < -0.39 is 0 Å². The van der Waals surface area contributed by atoms with Crippen molar-refractivity contribution in [3.8, 4) is 0 Å². The summed E-state index contributed by atoms with van der Waals surface area (Å²) in [6.45, 7) is 2.94. The summed E-state index contributed by atoms with van der Waals surface area (Å²) in [5.74, 6) is -0.102. The number of aromatic nitrogens is 1. The van der Waals surface area contributed by atoms with E-state index >= 15 is 0 Å². The predicted octanol–water partition coefficient (Wildman–Crippen LogP) is 1.95. The number of nitrogens with one attached hydrogen (secondary N) is 1. The summed E-state index contributed by atoms with van der Waals surface area (Å²) in [5, 5.41) is 3.90. The molecule has 0 spiro atoms.